The minimum absolute atomic E-state index is 0.120. The molecule has 0 atom stereocenters. The highest BCUT2D eigenvalue weighted by Gasteiger charge is 2.23. The van der Waals surface area contributed by atoms with E-state index in [1.807, 2.05) is 26.1 Å². The molecule has 3 aromatic rings. The van der Waals surface area contributed by atoms with Gasteiger partial charge in [0.25, 0.3) is 6.71 Å². The highest BCUT2D eigenvalue weighted by Crippen LogP contribution is 2.27. The van der Waals surface area contributed by atoms with Crippen LogP contribution in [0.3, 0.4) is 0 Å². The molecule has 0 radical (unpaired) electrons. The number of hydrogen-bond acceptors (Lipinski definition) is 5. The first kappa shape index (κ1) is 19.1. The van der Waals surface area contributed by atoms with Crippen LogP contribution in [0, 0.1) is 30.9 Å². The van der Waals surface area contributed by atoms with Crippen molar-refractivity contribution >= 4 is 24.3 Å². The van der Waals surface area contributed by atoms with Crippen LogP contribution in [0.2, 0.25) is 12.6 Å². The predicted molar refractivity (Wildman–Crippen MR) is 114 cm³/mol. The van der Waals surface area contributed by atoms with E-state index in [0.29, 0.717) is 22.5 Å². The number of aromatic nitrogens is 3. The van der Waals surface area contributed by atoms with Crippen LogP contribution in [0.5, 0.6) is 0 Å². The molecule has 0 spiro atoms. The average Bonchev–Trinajstić information content (AvgIpc) is 3.08. The fraction of sp³-hybridized carbons (Fsp3) is 0.333. The topological polar surface area (TPSA) is 92.4 Å². The molecule has 0 amide bonds. The van der Waals surface area contributed by atoms with Gasteiger partial charge in [0.15, 0.2) is 5.65 Å². The van der Waals surface area contributed by atoms with Crippen molar-refractivity contribution in [2.45, 2.75) is 45.4 Å². The van der Waals surface area contributed by atoms with E-state index in [1.165, 1.54) is 12.3 Å². The molecule has 6 nitrogen and oxygen atoms in total. The van der Waals surface area contributed by atoms with E-state index in [4.69, 9.17) is 11.0 Å². The summed E-state index contributed by atoms with van der Waals surface area (Å²) in [5.41, 5.74) is 10.6. The van der Waals surface area contributed by atoms with Gasteiger partial charge in [-0.2, -0.15) is 5.10 Å². The van der Waals surface area contributed by atoms with Gasteiger partial charge < -0.3 is 5.73 Å². The summed E-state index contributed by atoms with van der Waals surface area (Å²) in [5.74, 6) is 1.89. The maximum Gasteiger partial charge on any atom is 0.268 e. The van der Waals surface area contributed by atoms with Crippen LogP contribution in [0.4, 0.5) is 10.1 Å². The molecule has 0 aliphatic carbocycles. The van der Waals surface area contributed by atoms with E-state index in [-0.39, 0.29) is 12.8 Å². The average molecular weight is 388 g/mol. The van der Waals surface area contributed by atoms with Gasteiger partial charge in [0.05, 0.1) is 23.1 Å². The van der Waals surface area contributed by atoms with Gasteiger partial charge in [-0.05, 0) is 50.5 Å². The summed E-state index contributed by atoms with van der Waals surface area (Å²) in [6, 6.07) is 5.18. The molecular formula is C21H22BFN6. The molecule has 1 saturated heterocycles. The van der Waals surface area contributed by atoms with Crippen LogP contribution in [-0.4, -0.2) is 33.6 Å². The molecule has 0 unspecified atom stereocenters. The Hall–Kier alpha value is -3.21. The minimum atomic E-state index is -0.421. The first-order valence-electron chi connectivity index (χ1n) is 9.80. The van der Waals surface area contributed by atoms with E-state index in [2.05, 4.69) is 21.0 Å². The first-order chi connectivity index (χ1) is 13.9. The fourth-order valence-corrected chi connectivity index (χ4v) is 3.84. The largest absolute Gasteiger partial charge is 0.398 e. The van der Waals surface area contributed by atoms with E-state index in [0.717, 1.165) is 42.4 Å². The Balaban J connectivity index is 1.61. The number of aryl methyl sites for hydroxylation is 2. The van der Waals surface area contributed by atoms with Crippen LogP contribution in [-0.2, 0) is 0 Å². The minimum Gasteiger partial charge on any atom is -0.398 e. The predicted octanol–water partition coefficient (Wildman–Crippen LogP) is 3.87. The van der Waals surface area contributed by atoms with Crippen molar-refractivity contribution in [1.29, 1.82) is 5.26 Å². The Morgan fingerprint density at radius 2 is 2.07 bits per heavy atom. The molecule has 1 aliphatic heterocycles. The maximum atomic E-state index is 14.8. The van der Waals surface area contributed by atoms with Crippen molar-refractivity contribution in [3.63, 3.8) is 0 Å². The highest BCUT2D eigenvalue weighted by atomic mass is 19.1. The number of rotatable bonds is 3. The number of imidazole rings is 1. The normalized spacial score (nSPS) is 15.3. The number of hydrogen-bond donors (Lipinski definition) is 1. The van der Waals surface area contributed by atoms with Crippen molar-refractivity contribution in [3.8, 4) is 17.2 Å². The Morgan fingerprint density at radius 3 is 2.76 bits per heavy atom. The molecule has 29 heavy (non-hydrogen) atoms. The molecule has 2 aromatic heterocycles. The molecule has 1 fully saturated rings. The number of nitriles is 1. The molecule has 2 N–H and O–H groups in total. The molecule has 1 aromatic carbocycles. The number of anilines is 1. The smallest absolute Gasteiger partial charge is 0.268 e. The van der Waals surface area contributed by atoms with Gasteiger partial charge in [-0.3, -0.25) is 4.99 Å². The fourth-order valence-electron chi connectivity index (χ4n) is 3.84. The Morgan fingerprint density at radius 1 is 1.31 bits per heavy atom. The number of nitrogen functional groups attached to an aromatic ring is 1. The standard InChI is InChI=1S/C21H22BFN6/c1-13-7-20(28-29-11-14(2)27-21(13)29)15-8-18(23)17(19(25)9-15)10-26-16-3-5-22(12-24)6-4-16/h7-11,16H,3-6,25H2,1-2H3. The number of benzene rings is 1. The van der Waals surface area contributed by atoms with E-state index in [1.54, 1.807) is 10.6 Å². The maximum absolute atomic E-state index is 14.8. The summed E-state index contributed by atoms with van der Waals surface area (Å²) >= 11 is 0. The molecule has 4 rings (SSSR count). The number of nitrogens with zero attached hydrogens (tertiary/aromatic N) is 5. The zero-order chi connectivity index (χ0) is 20.5. The van der Waals surface area contributed by atoms with Crippen molar-refractivity contribution in [2.24, 2.45) is 4.99 Å². The summed E-state index contributed by atoms with van der Waals surface area (Å²) in [6.07, 6.45) is 6.76. The SMILES string of the molecule is Cc1cn2nc(-c3cc(N)c(C=NC4CCB(C#N)CC4)c(F)c3)cc(C)c2n1. The second-order valence-electron chi connectivity index (χ2n) is 7.74. The summed E-state index contributed by atoms with van der Waals surface area (Å²) < 4.78 is 16.5. The van der Waals surface area contributed by atoms with Crippen molar-refractivity contribution in [3.05, 3.63) is 47.0 Å². The molecule has 1 aliphatic rings. The second-order valence-corrected chi connectivity index (χ2v) is 7.74. The van der Waals surface area contributed by atoms with Gasteiger partial charge in [0.2, 0.25) is 0 Å². The number of halogens is 1. The Labute approximate surface area is 169 Å². The van der Waals surface area contributed by atoms with Crippen LogP contribution in [0.25, 0.3) is 16.9 Å². The van der Waals surface area contributed by atoms with Gasteiger partial charge in [-0.15, -0.1) is 0 Å². The third-order valence-corrected chi connectivity index (χ3v) is 5.48. The van der Waals surface area contributed by atoms with Gasteiger partial charge >= 0.3 is 0 Å². The Bertz CT molecular complexity index is 1120. The zero-order valence-corrected chi connectivity index (χ0v) is 16.6. The van der Waals surface area contributed by atoms with Crippen LogP contribution >= 0.6 is 0 Å². The van der Waals surface area contributed by atoms with Crippen LogP contribution in [0.15, 0.2) is 29.4 Å². The number of aliphatic imine (C=N–C) groups is 1. The zero-order valence-electron chi connectivity index (χ0n) is 16.6. The number of fused-ring (bicyclic) bond motifs is 1. The first-order valence-corrected chi connectivity index (χ1v) is 9.80. The lowest BCUT2D eigenvalue weighted by Gasteiger charge is -2.19. The molecule has 0 saturated carbocycles. The van der Waals surface area contributed by atoms with E-state index in [9.17, 15) is 4.39 Å². The summed E-state index contributed by atoms with van der Waals surface area (Å²) in [5, 5.41) is 13.5. The monoisotopic (exact) mass is 388 g/mol. The van der Waals surface area contributed by atoms with Gasteiger partial charge in [0.1, 0.15) is 5.82 Å². The third kappa shape index (κ3) is 3.86. The Kier molecular flexibility index (Phi) is 5.06. The van der Waals surface area contributed by atoms with Gasteiger partial charge in [-0.25, -0.2) is 19.2 Å². The van der Waals surface area contributed by atoms with Gasteiger partial charge in [0, 0.05) is 29.5 Å². The third-order valence-electron chi connectivity index (χ3n) is 5.48. The lowest BCUT2D eigenvalue weighted by atomic mass is 9.42. The van der Waals surface area contributed by atoms with E-state index < -0.39 is 5.82 Å². The lowest BCUT2D eigenvalue weighted by molar-refractivity contribution is 0.603. The molecule has 0 bridgehead atoms. The molecular weight excluding hydrogens is 366 g/mol. The lowest BCUT2D eigenvalue weighted by Crippen LogP contribution is -2.22. The van der Waals surface area contributed by atoms with Crippen LogP contribution < -0.4 is 5.73 Å². The van der Waals surface area contributed by atoms with Gasteiger partial charge in [-0.1, -0.05) is 12.6 Å². The van der Waals surface area contributed by atoms with Crippen molar-refractivity contribution in [1.82, 2.24) is 14.6 Å². The summed E-state index contributed by atoms with van der Waals surface area (Å²) in [7, 11) is 0. The highest BCUT2D eigenvalue weighted by molar-refractivity contribution is 6.67. The molecule has 8 heteroatoms. The summed E-state index contributed by atoms with van der Waals surface area (Å²) in [6.45, 7) is 3.98. The van der Waals surface area contributed by atoms with Crippen LogP contribution in [0.1, 0.15) is 29.7 Å². The quantitative estimate of drug-likeness (QED) is 0.419. The number of nitrogens with two attached hydrogens (primary N) is 1. The van der Waals surface area contributed by atoms with Crippen molar-refractivity contribution in [2.75, 3.05) is 5.73 Å². The summed E-state index contributed by atoms with van der Waals surface area (Å²) in [4.78, 5) is 8.96. The molecule has 146 valence electrons. The molecule has 3 heterocycles. The second kappa shape index (κ2) is 7.67. The van der Waals surface area contributed by atoms with Crippen molar-refractivity contribution < 1.29 is 4.39 Å². The van der Waals surface area contributed by atoms with E-state index >= 15 is 0 Å².